The van der Waals surface area contributed by atoms with E-state index in [9.17, 15) is 14.4 Å². The molecule has 34 heavy (non-hydrogen) atoms. The summed E-state index contributed by atoms with van der Waals surface area (Å²) in [6.07, 6.45) is 2.67. The fourth-order valence-electron chi connectivity index (χ4n) is 3.32. The summed E-state index contributed by atoms with van der Waals surface area (Å²) >= 11 is 0. The number of hydrogen-bond donors (Lipinski definition) is 2. The maximum atomic E-state index is 13.4. The molecule has 0 unspecified atom stereocenters. The van der Waals surface area contributed by atoms with Gasteiger partial charge in [-0.15, -0.1) is 0 Å². The predicted octanol–water partition coefficient (Wildman–Crippen LogP) is 3.83. The van der Waals surface area contributed by atoms with Crippen LogP contribution in [0.2, 0.25) is 0 Å². The third-order valence-corrected chi connectivity index (χ3v) is 4.82. The Morgan fingerprint density at radius 3 is 2.59 bits per heavy atom. The van der Waals surface area contributed by atoms with Crippen LogP contribution in [0.25, 0.3) is 16.7 Å². The Hall–Kier alpha value is -4.79. The van der Waals surface area contributed by atoms with E-state index in [2.05, 4.69) is 27.2 Å². The van der Waals surface area contributed by atoms with Crippen LogP contribution in [0, 0.1) is 0 Å². The molecule has 0 atom stereocenters. The van der Waals surface area contributed by atoms with Gasteiger partial charge in [-0.1, -0.05) is 30.8 Å². The second kappa shape index (κ2) is 9.78. The molecule has 0 saturated heterocycles. The molecule has 2 N–H and O–H groups in total. The van der Waals surface area contributed by atoms with Crippen LogP contribution in [0.4, 0.5) is 17.3 Å². The second-order valence-electron chi connectivity index (χ2n) is 7.13. The van der Waals surface area contributed by atoms with Gasteiger partial charge in [-0.2, -0.15) is 4.98 Å². The third kappa shape index (κ3) is 4.68. The number of nitrogens with one attached hydrogen (secondary N) is 2. The zero-order valence-electron chi connectivity index (χ0n) is 18.3. The molecule has 0 fully saturated rings. The summed E-state index contributed by atoms with van der Waals surface area (Å²) in [6.45, 7) is 5.22. The van der Waals surface area contributed by atoms with E-state index in [4.69, 9.17) is 4.74 Å². The lowest BCUT2D eigenvalue weighted by Crippen LogP contribution is -2.27. The number of ether oxygens (including phenoxy) is 1. The van der Waals surface area contributed by atoms with Crippen molar-refractivity contribution in [3.05, 3.63) is 95.4 Å². The number of fused-ring (bicyclic) bond motifs is 1. The number of rotatable bonds is 7. The van der Waals surface area contributed by atoms with Crippen LogP contribution >= 0.6 is 0 Å². The average molecular weight is 455 g/mol. The average Bonchev–Trinajstić information content (AvgIpc) is 2.84. The first-order valence-electron chi connectivity index (χ1n) is 10.5. The van der Waals surface area contributed by atoms with Crippen molar-refractivity contribution >= 4 is 40.2 Å². The van der Waals surface area contributed by atoms with Crippen LogP contribution in [0.15, 0.2) is 84.3 Å². The summed E-state index contributed by atoms with van der Waals surface area (Å²) in [6, 6.07) is 17.4. The van der Waals surface area contributed by atoms with Crippen molar-refractivity contribution in [1.29, 1.82) is 0 Å². The van der Waals surface area contributed by atoms with Gasteiger partial charge in [0.1, 0.15) is 5.56 Å². The van der Waals surface area contributed by atoms with E-state index < -0.39 is 17.4 Å². The smallest absolute Gasteiger partial charge is 0.343 e. The van der Waals surface area contributed by atoms with Crippen LogP contribution in [0.3, 0.4) is 0 Å². The summed E-state index contributed by atoms with van der Waals surface area (Å²) in [4.78, 5) is 46.6. The molecule has 4 rings (SSSR count). The Kier molecular flexibility index (Phi) is 6.45. The fraction of sp³-hybridized carbons (Fsp3) is 0.0800. The van der Waals surface area contributed by atoms with Crippen molar-refractivity contribution in [2.45, 2.75) is 6.92 Å². The molecule has 0 aliphatic heterocycles. The summed E-state index contributed by atoms with van der Waals surface area (Å²) < 4.78 is 6.36. The molecule has 9 nitrogen and oxygen atoms in total. The highest BCUT2D eigenvalue weighted by atomic mass is 16.5. The highest BCUT2D eigenvalue weighted by Crippen LogP contribution is 2.21. The number of amides is 1. The molecule has 9 heteroatoms. The number of benzene rings is 2. The molecule has 0 radical (unpaired) electrons. The van der Waals surface area contributed by atoms with Gasteiger partial charge in [-0.25, -0.2) is 9.78 Å². The number of carbonyl (C=O) groups is 2. The number of carbonyl (C=O) groups excluding carboxylic acids is 2. The van der Waals surface area contributed by atoms with Crippen LogP contribution < -0.4 is 16.2 Å². The second-order valence-corrected chi connectivity index (χ2v) is 7.13. The molecule has 1 amide bonds. The predicted molar refractivity (Wildman–Crippen MR) is 130 cm³/mol. The van der Waals surface area contributed by atoms with Crippen molar-refractivity contribution in [2.75, 3.05) is 17.2 Å². The van der Waals surface area contributed by atoms with E-state index in [1.165, 1.54) is 16.8 Å². The molecule has 170 valence electrons. The quantitative estimate of drug-likeness (QED) is 0.321. The molecule has 2 aromatic carbocycles. The van der Waals surface area contributed by atoms with Gasteiger partial charge in [-0.3, -0.25) is 14.2 Å². The van der Waals surface area contributed by atoms with Crippen LogP contribution in [-0.2, 0) is 9.53 Å². The van der Waals surface area contributed by atoms with Gasteiger partial charge >= 0.3 is 5.97 Å². The van der Waals surface area contributed by atoms with E-state index in [0.29, 0.717) is 16.8 Å². The number of nitrogens with zero attached hydrogens (tertiary/aromatic N) is 3. The molecule has 0 saturated carbocycles. The first-order valence-corrected chi connectivity index (χ1v) is 10.5. The van der Waals surface area contributed by atoms with Crippen LogP contribution in [0.1, 0.15) is 17.3 Å². The highest BCUT2D eigenvalue weighted by molar-refractivity contribution is 5.99. The first kappa shape index (κ1) is 22.4. The molecule has 4 aromatic rings. The van der Waals surface area contributed by atoms with Gasteiger partial charge in [0.15, 0.2) is 5.65 Å². The van der Waals surface area contributed by atoms with Gasteiger partial charge in [0.05, 0.1) is 12.3 Å². The minimum atomic E-state index is -0.745. The maximum Gasteiger partial charge on any atom is 0.343 e. The molecule has 0 spiro atoms. The van der Waals surface area contributed by atoms with E-state index >= 15 is 0 Å². The minimum absolute atomic E-state index is 0.121. The molecular weight excluding hydrogens is 434 g/mol. The number of hydrogen-bond acceptors (Lipinski definition) is 7. The monoisotopic (exact) mass is 455 g/mol. The molecular formula is C25H21N5O4. The molecule has 0 aliphatic rings. The lowest BCUT2D eigenvalue weighted by molar-refractivity contribution is -0.111. The summed E-state index contributed by atoms with van der Waals surface area (Å²) in [7, 11) is 0. The number of pyridine rings is 1. The van der Waals surface area contributed by atoms with Crippen molar-refractivity contribution in [3.8, 4) is 5.69 Å². The first-order chi connectivity index (χ1) is 16.5. The maximum absolute atomic E-state index is 13.4. The number of para-hydroxylation sites is 1. The molecule has 2 aromatic heterocycles. The Morgan fingerprint density at radius 1 is 1.09 bits per heavy atom. The largest absolute Gasteiger partial charge is 0.462 e. The van der Waals surface area contributed by atoms with Gasteiger partial charge in [-0.05, 0) is 49.4 Å². The standard InChI is InChI=1S/C25H21N5O4/c1-3-21(31)27-18-11-8-12-19(14-18)30-22-16(13-20(23(30)32)24(33)34-4-2)15-26-25(29-22)28-17-9-6-5-7-10-17/h3,5-15H,1,4H2,2H3,(H,27,31)(H,26,28,29). The Labute approximate surface area is 194 Å². The fourth-order valence-corrected chi connectivity index (χ4v) is 3.32. The minimum Gasteiger partial charge on any atom is -0.462 e. The Morgan fingerprint density at radius 2 is 1.85 bits per heavy atom. The van der Waals surface area contributed by atoms with E-state index in [1.54, 1.807) is 31.2 Å². The topological polar surface area (TPSA) is 115 Å². The van der Waals surface area contributed by atoms with Crippen LogP contribution in [0.5, 0.6) is 0 Å². The van der Waals surface area contributed by atoms with E-state index in [1.807, 2.05) is 30.3 Å². The van der Waals surface area contributed by atoms with Crippen molar-refractivity contribution in [2.24, 2.45) is 0 Å². The summed E-state index contributed by atoms with van der Waals surface area (Å²) in [5.41, 5.74) is 1.13. The normalized spacial score (nSPS) is 10.5. The Bertz CT molecular complexity index is 1450. The van der Waals surface area contributed by atoms with Crippen molar-refractivity contribution < 1.29 is 14.3 Å². The van der Waals surface area contributed by atoms with E-state index in [-0.39, 0.29) is 23.8 Å². The molecule has 2 heterocycles. The third-order valence-electron chi connectivity index (χ3n) is 4.82. The van der Waals surface area contributed by atoms with Gasteiger partial charge in [0.2, 0.25) is 11.9 Å². The highest BCUT2D eigenvalue weighted by Gasteiger charge is 2.19. The lowest BCUT2D eigenvalue weighted by Gasteiger charge is -2.14. The van der Waals surface area contributed by atoms with Gasteiger partial charge in [0, 0.05) is 23.0 Å². The molecule has 0 bridgehead atoms. The van der Waals surface area contributed by atoms with E-state index in [0.717, 1.165) is 11.8 Å². The summed E-state index contributed by atoms with van der Waals surface area (Å²) in [5, 5.41) is 6.22. The number of aromatic nitrogens is 3. The van der Waals surface area contributed by atoms with Gasteiger partial charge in [0.25, 0.3) is 5.56 Å². The SMILES string of the molecule is C=CC(=O)Nc1cccc(-n2c(=O)c(C(=O)OCC)cc3cnc(Nc4ccccc4)nc32)c1. The molecule has 0 aliphatic carbocycles. The number of anilines is 3. The lowest BCUT2D eigenvalue weighted by atomic mass is 10.2. The van der Waals surface area contributed by atoms with Crippen LogP contribution in [-0.4, -0.2) is 33.0 Å². The Balaban J connectivity index is 1.91. The zero-order chi connectivity index (χ0) is 24.1. The zero-order valence-corrected chi connectivity index (χ0v) is 18.3. The van der Waals surface area contributed by atoms with Crippen molar-refractivity contribution in [1.82, 2.24) is 14.5 Å². The van der Waals surface area contributed by atoms with Crippen molar-refractivity contribution in [3.63, 3.8) is 0 Å². The van der Waals surface area contributed by atoms with Gasteiger partial charge < -0.3 is 15.4 Å². The summed E-state index contributed by atoms with van der Waals surface area (Å²) in [5.74, 6) is -0.871. The number of esters is 1.